The highest BCUT2D eigenvalue weighted by Crippen LogP contribution is 2.30. The molecule has 1 aliphatic heterocycles. The highest BCUT2D eigenvalue weighted by molar-refractivity contribution is 6.12. The van der Waals surface area contributed by atoms with Crippen LogP contribution in [0.3, 0.4) is 0 Å². The number of hydrogen-bond acceptors (Lipinski definition) is 10. The quantitative estimate of drug-likeness (QED) is 0.313. The van der Waals surface area contributed by atoms with Crippen molar-refractivity contribution in [2.24, 2.45) is 4.99 Å². The van der Waals surface area contributed by atoms with Gasteiger partial charge >= 0.3 is 18.0 Å². The maximum Gasteiger partial charge on any atom is 0.420 e. The van der Waals surface area contributed by atoms with E-state index >= 15 is 0 Å². The largest absolute Gasteiger partial charge is 0.465 e. The van der Waals surface area contributed by atoms with Crippen molar-refractivity contribution in [1.29, 1.82) is 0 Å². The van der Waals surface area contributed by atoms with Gasteiger partial charge in [0.05, 0.1) is 14.2 Å². The molecule has 0 radical (unpaired) electrons. The van der Waals surface area contributed by atoms with Crippen LogP contribution in [-0.2, 0) is 33.3 Å². The summed E-state index contributed by atoms with van der Waals surface area (Å²) in [4.78, 5) is 45.7. The minimum Gasteiger partial charge on any atom is -0.465 e. The van der Waals surface area contributed by atoms with Crippen molar-refractivity contribution < 1.29 is 38.1 Å². The topological polar surface area (TPSA) is 116 Å². The van der Waals surface area contributed by atoms with Gasteiger partial charge in [-0.25, -0.2) is 24.3 Å². The second-order valence-electron chi connectivity index (χ2n) is 7.63. The van der Waals surface area contributed by atoms with Crippen molar-refractivity contribution in [3.8, 4) is 0 Å². The van der Waals surface area contributed by atoms with Gasteiger partial charge in [0, 0.05) is 13.2 Å². The standard InChI is InChI=1S/C20H33N3O8/c1-10-29-18(30-11-2)15-21-14(22(6)7)12(16(24)27-8)13(17(25)28-9)23(15)19(26)31-20(3,4)5/h14,18H,10-11H2,1-9H3. The van der Waals surface area contributed by atoms with Gasteiger partial charge in [0.25, 0.3) is 0 Å². The minimum atomic E-state index is -1.11. The fourth-order valence-corrected chi connectivity index (χ4v) is 2.75. The molecular formula is C20H33N3O8. The van der Waals surface area contributed by atoms with Crippen LogP contribution in [0.5, 0.6) is 0 Å². The predicted molar refractivity (Wildman–Crippen MR) is 111 cm³/mol. The third-order valence-electron chi connectivity index (χ3n) is 3.92. The number of methoxy groups -OCH3 is 2. The minimum absolute atomic E-state index is 0.0512. The molecule has 31 heavy (non-hydrogen) atoms. The Morgan fingerprint density at radius 3 is 1.94 bits per heavy atom. The van der Waals surface area contributed by atoms with Crippen molar-refractivity contribution in [2.45, 2.75) is 52.7 Å². The molecule has 0 fully saturated rings. The van der Waals surface area contributed by atoms with Crippen LogP contribution in [0.25, 0.3) is 0 Å². The van der Waals surface area contributed by atoms with Crippen LogP contribution in [0.1, 0.15) is 34.6 Å². The van der Waals surface area contributed by atoms with Gasteiger partial charge in [-0.2, -0.15) is 0 Å². The summed E-state index contributed by atoms with van der Waals surface area (Å²) in [5.41, 5.74) is -1.46. The van der Waals surface area contributed by atoms with E-state index in [1.165, 1.54) is 0 Å². The molecule has 0 N–H and O–H groups in total. The van der Waals surface area contributed by atoms with Crippen LogP contribution in [-0.4, -0.2) is 93.3 Å². The van der Waals surface area contributed by atoms with E-state index in [9.17, 15) is 14.4 Å². The fourth-order valence-electron chi connectivity index (χ4n) is 2.75. The number of aliphatic imine (C=N–C) groups is 1. The summed E-state index contributed by atoms with van der Waals surface area (Å²) in [7, 11) is 5.61. The summed E-state index contributed by atoms with van der Waals surface area (Å²) < 4.78 is 26.5. The Balaban J connectivity index is 3.87. The first-order valence-corrected chi connectivity index (χ1v) is 9.84. The summed E-state index contributed by atoms with van der Waals surface area (Å²) in [6.45, 7) is 8.96. The molecule has 0 saturated carbocycles. The number of carbonyl (C=O) groups excluding carboxylic acids is 3. The number of carbonyl (C=O) groups is 3. The number of nitrogens with zero attached hydrogens (tertiary/aromatic N) is 3. The van der Waals surface area contributed by atoms with Gasteiger partial charge in [0.15, 0.2) is 11.5 Å². The SMILES string of the molecule is CCOC(OCC)C1=NC(N(C)C)C(C(=O)OC)=C(C(=O)OC)N1C(=O)OC(C)(C)C. The number of hydrogen-bond donors (Lipinski definition) is 0. The van der Waals surface area contributed by atoms with E-state index in [0.717, 1.165) is 19.1 Å². The molecule has 0 spiro atoms. The molecule has 11 heteroatoms. The second kappa shape index (κ2) is 11.2. The van der Waals surface area contributed by atoms with Crippen LogP contribution < -0.4 is 0 Å². The maximum absolute atomic E-state index is 13.2. The number of amides is 1. The zero-order valence-corrected chi connectivity index (χ0v) is 19.7. The molecule has 1 aliphatic rings. The molecule has 0 aromatic rings. The first kappa shape index (κ1) is 26.5. The number of likely N-dealkylation sites (N-methyl/N-ethyl adjacent to an activating group) is 1. The molecule has 0 bridgehead atoms. The third-order valence-corrected chi connectivity index (χ3v) is 3.92. The highest BCUT2D eigenvalue weighted by Gasteiger charge is 2.46. The molecule has 1 rings (SSSR count). The molecule has 1 unspecified atom stereocenters. The Morgan fingerprint density at radius 1 is 1.03 bits per heavy atom. The molecule has 0 aromatic heterocycles. The molecule has 11 nitrogen and oxygen atoms in total. The Kier molecular flexibility index (Phi) is 9.60. The van der Waals surface area contributed by atoms with E-state index < -0.39 is 36.1 Å². The molecule has 0 aromatic carbocycles. The van der Waals surface area contributed by atoms with E-state index in [2.05, 4.69) is 4.99 Å². The summed E-state index contributed by atoms with van der Waals surface area (Å²) in [6.07, 6.45) is -3.03. The lowest BCUT2D eigenvalue weighted by Gasteiger charge is -2.37. The van der Waals surface area contributed by atoms with Crippen LogP contribution in [0.2, 0.25) is 0 Å². The normalized spacial score (nSPS) is 17.1. The van der Waals surface area contributed by atoms with Gasteiger partial charge in [-0.3, -0.25) is 4.90 Å². The molecule has 0 saturated heterocycles. The van der Waals surface area contributed by atoms with Crippen molar-refractivity contribution in [3.63, 3.8) is 0 Å². The van der Waals surface area contributed by atoms with Gasteiger partial charge in [-0.15, -0.1) is 0 Å². The molecule has 176 valence electrons. The fraction of sp³-hybridized carbons (Fsp3) is 0.700. The third kappa shape index (κ3) is 6.49. The maximum atomic E-state index is 13.2. The Labute approximate surface area is 182 Å². The summed E-state index contributed by atoms with van der Waals surface area (Å²) in [6, 6.07) is 0. The summed E-state index contributed by atoms with van der Waals surface area (Å²) in [5.74, 6) is -1.85. The number of ether oxygens (including phenoxy) is 5. The van der Waals surface area contributed by atoms with Gasteiger partial charge in [0.2, 0.25) is 6.29 Å². The van der Waals surface area contributed by atoms with Crippen molar-refractivity contribution in [3.05, 3.63) is 11.3 Å². The van der Waals surface area contributed by atoms with Crippen molar-refractivity contribution >= 4 is 23.9 Å². The zero-order valence-electron chi connectivity index (χ0n) is 19.7. The van der Waals surface area contributed by atoms with E-state index in [1.54, 1.807) is 53.6 Å². The number of amidine groups is 1. The predicted octanol–water partition coefficient (Wildman–Crippen LogP) is 1.52. The lowest BCUT2D eigenvalue weighted by molar-refractivity contribution is -0.141. The lowest BCUT2D eigenvalue weighted by atomic mass is 10.1. The smallest absolute Gasteiger partial charge is 0.420 e. The Morgan fingerprint density at radius 2 is 1.55 bits per heavy atom. The van der Waals surface area contributed by atoms with Crippen molar-refractivity contribution in [1.82, 2.24) is 9.80 Å². The molecule has 1 heterocycles. The Bertz CT molecular complexity index is 733. The first-order chi connectivity index (χ1) is 14.4. The van der Waals surface area contributed by atoms with Crippen LogP contribution in [0, 0.1) is 0 Å². The first-order valence-electron chi connectivity index (χ1n) is 9.84. The van der Waals surface area contributed by atoms with Gasteiger partial charge < -0.3 is 23.7 Å². The number of rotatable bonds is 8. The van der Waals surface area contributed by atoms with Crippen molar-refractivity contribution in [2.75, 3.05) is 41.5 Å². The van der Waals surface area contributed by atoms with Crippen LogP contribution >= 0.6 is 0 Å². The Hall–Kier alpha value is -2.50. The monoisotopic (exact) mass is 443 g/mol. The molecule has 1 amide bonds. The molecule has 1 atom stereocenters. The van der Waals surface area contributed by atoms with Gasteiger partial charge in [-0.1, -0.05) is 0 Å². The van der Waals surface area contributed by atoms with Gasteiger partial charge in [0.1, 0.15) is 17.3 Å². The van der Waals surface area contributed by atoms with E-state index in [-0.39, 0.29) is 30.3 Å². The van der Waals surface area contributed by atoms with Crippen LogP contribution in [0.4, 0.5) is 4.79 Å². The summed E-state index contributed by atoms with van der Waals surface area (Å²) in [5, 5.41) is 0. The lowest BCUT2D eigenvalue weighted by Crippen LogP contribution is -2.54. The second-order valence-corrected chi connectivity index (χ2v) is 7.63. The average molecular weight is 443 g/mol. The molecular weight excluding hydrogens is 410 g/mol. The average Bonchev–Trinajstić information content (AvgIpc) is 2.69. The zero-order chi connectivity index (χ0) is 23.9. The van der Waals surface area contributed by atoms with E-state index in [1.807, 2.05) is 0 Å². The van der Waals surface area contributed by atoms with Crippen LogP contribution in [0.15, 0.2) is 16.3 Å². The molecule has 0 aliphatic carbocycles. The highest BCUT2D eigenvalue weighted by atomic mass is 16.7. The van der Waals surface area contributed by atoms with E-state index in [4.69, 9.17) is 23.7 Å². The summed E-state index contributed by atoms with van der Waals surface area (Å²) >= 11 is 0. The number of esters is 2. The van der Waals surface area contributed by atoms with E-state index in [0.29, 0.717) is 0 Å². The van der Waals surface area contributed by atoms with Gasteiger partial charge in [-0.05, 0) is 48.7 Å².